The minimum absolute atomic E-state index is 2.60. The monoisotopic (exact) mass is 484 g/mol. The van der Waals surface area contributed by atoms with E-state index in [9.17, 15) is 38.3 Å². The van der Waals surface area contributed by atoms with Gasteiger partial charge in [-0.3, -0.25) is 18.1 Å². The van der Waals surface area contributed by atoms with E-state index in [1.54, 1.807) is 0 Å². The van der Waals surface area contributed by atoms with Crippen LogP contribution >= 0.6 is 31.1 Å². The van der Waals surface area contributed by atoms with Crippen LogP contribution in [0, 0.1) is 0 Å². The predicted octanol–water partition coefficient (Wildman–Crippen LogP) is -3.30. The Morgan fingerprint density at radius 3 is 1.19 bits per heavy atom. The molecule has 0 spiro atoms. The van der Waals surface area contributed by atoms with E-state index in [1.807, 2.05) is 0 Å². The second-order valence-electron chi connectivity index (χ2n) is 5.24. The molecule has 10 N–H and O–H groups in total. The number of hydrogen-bond donors (Lipinski definition) is 10. The van der Waals surface area contributed by atoms with Crippen molar-refractivity contribution in [2.24, 2.45) is 0 Å². The first-order valence-corrected chi connectivity index (χ1v) is 12.6. The summed E-state index contributed by atoms with van der Waals surface area (Å²) in [6.07, 6.45) is -13.4. The van der Waals surface area contributed by atoms with Crippen LogP contribution in [0.5, 0.6) is 0 Å². The van der Waals surface area contributed by atoms with Crippen molar-refractivity contribution in [3.63, 3.8) is 0 Å². The molecular formula is C6H16O17P4. The van der Waals surface area contributed by atoms with Crippen molar-refractivity contribution < 1.29 is 81.2 Å². The molecule has 21 heteroatoms. The third-order valence-electron chi connectivity index (χ3n) is 3.19. The summed E-state index contributed by atoms with van der Waals surface area (Å²) in [5.74, 6) is 0. The van der Waals surface area contributed by atoms with E-state index >= 15 is 0 Å². The molecule has 2 unspecified atom stereocenters. The van der Waals surface area contributed by atoms with Crippen LogP contribution in [0.2, 0.25) is 0 Å². The van der Waals surface area contributed by atoms with Gasteiger partial charge < -0.3 is 49.4 Å². The zero-order valence-corrected chi connectivity index (χ0v) is 16.2. The lowest BCUT2D eigenvalue weighted by molar-refractivity contribution is -0.165. The summed E-state index contributed by atoms with van der Waals surface area (Å²) >= 11 is 0. The molecule has 0 heterocycles. The zero-order valence-electron chi connectivity index (χ0n) is 12.6. The van der Waals surface area contributed by atoms with Gasteiger partial charge in [-0.25, -0.2) is 13.7 Å². The molecule has 6 atom stereocenters. The van der Waals surface area contributed by atoms with E-state index in [0.717, 1.165) is 0 Å². The maximum Gasteiger partial charge on any atom is 0.470 e. The van der Waals surface area contributed by atoms with Crippen LogP contribution in [-0.2, 0) is 31.8 Å². The zero-order chi connectivity index (χ0) is 21.6. The van der Waals surface area contributed by atoms with E-state index in [1.165, 1.54) is 0 Å². The molecule has 0 radical (unpaired) electrons. The lowest BCUT2D eigenvalue weighted by Crippen LogP contribution is -2.64. The van der Waals surface area contributed by atoms with E-state index in [-0.39, 0.29) is 0 Å². The first-order chi connectivity index (χ1) is 11.7. The van der Waals surface area contributed by atoms with Crippen molar-refractivity contribution in [1.82, 2.24) is 0 Å². The topological polar surface area (TPSA) is 298 Å². The van der Waals surface area contributed by atoms with Gasteiger partial charge in [-0.2, -0.15) is 0 Å². The molecule has 0 aromatic heterocycles. The average Bonchev–Trinajstić information content (AvgIpc) is 2.34. The van der Waals surface area contributed by atoms with Gasteiger partial charge in [0.15, 0.2) is 0 Å². The largest absolute Gasteiger partial charge is 0.470 e. The summed E-state index contributed by atoms with van der Waals surface area (Å²) in [6, 6.07) is 0. The Labute approximate surface area is 149 Å². The molecule has 0 aromatic rings. The summed E-state index contributed by atoms with van der Waals surface area (Å²) in [4.78, 5) is 71.7. The van der Waals surface area contributed by atoms with E-state index in [2.05, 4.69) is 13.6 Å². The van der Waals surface area contributed by atoms with Crippen LogP contribution in [0.1, 0.15) is 0 Å². The summed E-state index contributed by atoms with van der Waals surface area (Å²) in [5, 5.41) is 20.0. The van der Waals surface area contributed by atoms with Gasteiger partial charge in [-0.1, -0.05) is 0 Å². The van der Waals surface area contributed by atoms with Crippen LogP contribution in [0.15, 0.2) is 0 Å². The lowest BCUT2D eigenvalue weighted by atomic mass is 9.87. The first kappa shape index (κ1) is 25.4. The highest BCUT2D eigenvalue weighted by molar-refractivity contribution is 7.53. The van der Waals surface area contributed by atoms with Gasteiger partial charge in [0.05, 0.1) is 0 Å². The third-order valence-corrected chi connectivity index (χ3v) is 6.12. The van der Waals surface area contributed by atoms with Crippen LogP contribution in [0.4, 0.5) is 0 Å². The fourth-order valence-electron chi connectivity index (χ4n) is 2.40. The van der Waals surface area contributed by atoms with Crippen molar-refractivity contribution in [2.45, 2.75) is 36.2 Å². The molecule has 27 heavy (non-hydrogen) atoms. The smallest absolute Gasteiger partial charge is 0.389 e. The van der Waals surface area contributed by atoms with E-state index < -0.39 is 67.2 Å². The standard InChI is InChI=1S/C6H16O17P4/c7-1-3(21-25(12,13)14)2(8)6(24(9,10)11)5(23-27(18,19)20)4(1)22-26(15,16)17/h1-8H,(H2,9,10,11)(H2,12,13,14)(H2,15,16,17)(H2,18,19,20)/t1-,2-,3?,4+,5?,6-/m0/s1. The normalized spacial score (nSPS) is 33.9. The van der Waals surface area contributed by atoms with Crippen LogP contribution < -0.4 is 0 Å². The Morgan fingerprint density at radius 1 is 0.519 bits per heavy atom. The molecule has 1 aliphatic rings. The molecule has 1 saturated carbocycles. The van der Waals surface area contributed by atoms with Gasteiger partial charge >= 0.3 is 31.1 Å². The first-order valence-electron chi connectivity index (χ1n) is 6.36. The van der Waals surface area contributed by atoms with Gasteiger partial charge in [0.2, 0.25) is 0 Å². The Kier molecular flexibility index (Phi) is 7.78. The molecule has 17 nitrogen and oxygen atoms in total. The summed E-state index contributed by atoms with van der Waals surface area (Å²) in [5.41, 5.74) is -2.78. The van der Waals surface area contributed by atoms with E-state index in [0.29, 0.717) is 0 Å². The van der Waals surface area contributed by atoms with Crippen molar-refractivity contribution >= 4 is 31.1 Å². The van der Waals surface area contributed by atoms with Crippen molar-refractivity contribution in [2.75, 3.05) is 0 Å². The Balaban J connectivity index is 3.54. The second kappa shape index (κ2) is 8.26. The maximum absolute atomic E-state index is 11.6. The van der Waals surface area contributed by atoms with Gasteiger partial charge in [-0.15, -0.1) is 0 Å². The Bertz CT molecular complexity index is 711. The minimum Gasteiger partial charge on any atom is -0.389 e. The SMILES string of the molecule is O=P(O)(O)OC1[C@H](O)[C@H](P(=O)(O)O)C(OP(=O)(O)O)[C@H](OP(=O)(O)O)[C@H]1O. The van der Waals surface area contributed by atoms with Gasteiger partial charge in [-0.05, 0) is 0 Å². The molecule has 162 valence electrons. The van der Waals surface area contributed by atoms with Gasteiger partial charge in [0, 0.05) is 0 Å². The fraction of sp³-hybridized carbons (Fsp3) is 1.00. The predicted molar refractivity (Wildman–Crippen MR) is 78.6 cm³/mol. The number of hydrogen-bond acceptors (Lipinski definition) is 9. The summed E-state index contributed by atoms with van der Waals surface area (Å²) in [6.45, 7) is 0. The summed E-state index contributed by atoms with van der Waals surface area (Å²) in [7, 11) is -22.5. The molecule has 1 fully saturated rings. The second-order valence-corrected chi connectivity index (χ2v) is 10.6. The molecule has 0 amide bonds. The van der Waals surface area contributed by atoms with E-state index in [4.69, 9.17) is 29.4 Å². The fourth-order valence-corrected chi connectivity index (χ4v) is 5.38. The molecule has 0 aromatic carbocycles. The van der Waals surface area contributed by atoms with Crippen molar-refractivity contribution in [3.8, 4) is 0 Å². The Morgan fingerprint density at radius 2 is 0.852 bits per heavy atom. The number of aliphatic hydroxyl groups is 2. The van der Waals surface area contributed by atoms with Gasteiger partial charge in [0.1, 0.15) is 36.2 Å². The Hall–Kier alpha value is 0.400. The molecule has 0 aliphatic heterocycles. The number of phosphoric ester groups is 3. The lowest BCUT2D eigenvalue weighted by Gasteiger charge is -2.46. The van der Waals surface area contributed by atoms with Crippen LogP contribution in [-0.4, -0.2) is 85.5 Å². The van der Waals surface area contributed by atoms with Crippen LogP contribution in [0.25, 0.3) is 0 Å². The molecule has 1 rings (SSSR count). The number of aliphatic hydroxyl groups excluding tert-OH is 2. The molecule has 0 saturated heterocycles. The highest BCUT2D eigenvalue weighted by Crippen LogP contribution is 2.56. The van der Waals surface area contributed by atoms with Crippen molar-refractivity contribution in [3.05, 3.63) is 0 Å². The highest BCUT2D eigenvalue weighted by atomic mass is 31.2. The minimum atomic E-state index is -5.67. The maximum atomic E-state index is 11.6. The summed E-state index contributed by atoms with van der Waals surface area (Å²) < 4.78 is 56.8. The number of rotatable bonds is 7. The molecular weight excluding hydrogens is 468 g/mol. The average molecular weight is 484 g/mol. The number of phosphoric acid groups is 3. The van der Waals surface area contributed by atoms with Crippen LogP contribution in [0.3, 0.4) is 0 Å². The van der Waals surface area contributed by atoms with Crippen molar-refractivity contribution in [1.29, 1.82) is 0 Å². The quantitative estimate of drug-likeness (QED) is 0.158. The molecule has 0 bridgehead atoms. The highest BCUT2D eigenvalue weighted by Gasteiger charge is 2.61. The third kappa shape index (κ3) is 7.63. The van der Waals surface area contributed by atoms with Gasteiger partial charge in [0.25, 0.3) is 0 Å². The molecule has 1 aliphatic carbocycles.